The number of carbonyl (C=O) groups is 1. The van der Waals surface area contributed by atoms with E-state index in [1.165, 1.54) is 5.56 Å². The number of nitrogens with zero attached hydrogens (tertiary/aromatic N) is 2. The Morgan fingerprint density at radius 3 is 2.28 bits per heavy atom. The Bertz CT molecular complexity index is 1170. The summed E-state index contributed by atoms with van der Waals surface area (Å²) in [6.07, 6.45) is 1.73. The highest BCUT2D eigenvalue weighted by Crippen LogP contribution is 2.19. The molecular weight excluding hydrogens is 396 g/mol. The minimum absolute atomic E-state index is 0.0992. The van der Waals surface area contributed by atoms with E-state index in [1.54, 1.807) is 18.3 Å². The van der Waals surface area contributed by atoms with Gasteiger partial charge in [-0.05, 0) is 47.4 Å². The smallest absolute Gasteiger partial charge is 0.251 e. The fourth-order valence-corrected chi connectivity index (χ4v) is 3.31. The van der Waals surface area contributed by atoms with Crippen molar-refractivity contribution in [2.24, 2.45) is 0 Å². The van der Waals surface area contributed by atoms with Gasteiger partial charge >= 0.3 is 0 Å². The molecule has 4 aromatic rings. The van der Waals surface area contributed by atoms with E-state index >= 15 is 0 Å². The first-order valence-electron chi connectivity index (χ1n) is 10.7. The van der Waals surface area contributed by atoms with Crippen molar-refractivity contribution in [2.45, 2.75) is 26.3 Å². The normalized spacial score (nSPS) is 10.7. The van der Waals surface area contributed by atoms with Crippen LogP contribution in [0.3, 0.4) is 0 Å². The lowest BCUT2D eigenvalue weighted by molar-refractivity contribution is 0.0951. The van der Waals surface area contributed by atoms with E-state index in [0.717, 1.165) is 16.8 Å². The molecule has 1 aromatic heterocycles. The van der Waals surface area contributed by atoms with Crippen LogP contribution in [0.25, 0.3) is 11.4 Å². The van der Waals surface area contributed by atoms with Gasteiger partial charge in [-0.3, -0.25) is 4.79 Å². The Hall–Kier alpha value is -3.99. The lowest BCUT2D eigenvalue weighted by Gasteiger charge is -2.10. The first-order valence-corrected chi connectivity index (χ1v) is 10.7. The van der Waals surface area contributed by atoms with E-state index in [4.69, 9.17) is 0 Å². The van der Waals surface area contributed by atoms with Crippen molar-refractivity contribution in [1.29, 1.82) is 0 Å². The first-order chi connectivity index (χ1) is 15.6. The van der Waals surface area contributed by atoms with Crippen molar-refractivity contribution < 1.29 is 4.79 Å². The fraction of sp³-hybridized carbons (Fsp3) is 0.148. The molecule has 0 fully saturated rings. The molecule has 0 saturated heterocycles. The zero-order valence-electron chi connectivity index (χ0n) is 18.2. The van der Waals surface area contributed by atoms with Crippen LogP contribution in [0.2, 0.25) is 0 Å². The quantitative estimate of drug-likeness (QED) is 0.387. The van der Waals surface area contributed by atoms with E-state index in [9.17, 15) is 4.79 Å². The van der Waals surface area contributed by atoms with Gasteiger partial charge in [-0.15, -0.1) is 0 Å². The third-order valence-electron chi connectivity index (χ3n) is 5.21. The highest BCUT2D eigenvalue weighted by molar-refractivity contribution is 5.94. The van der Waals surface area contributed by atoms with Gasteiger partial charge < -0.3 is 10.6 Å². The highest BCUT2D eigenvalue weighted by atomic mass is 16.1. The minimum Gasteiger partial charge on any atom is -0.348 e. The molecule has 0 atom stereocenters. The van der Waals surface area contributed by atoms with Gasteiger partial charge in [0.15, 0.2) is 5.82 Å². The van der Waals surface area contributed by atoms with E-state index in [2.05, 4.69) is 58.7 Å². The summed E-state index contributed by atoms with van der Waals surface area (Å²) in [6.45, 7) is 4.84. The van der Waals surface area contributed by atoms with Crippen LogP contribution < -0.4 is 10.6 Å². The Morgan fingerprint density at radius 1 is 0.875 bits per heavy atom. The second kappa shape index (κ2) is 9.88. The summed E-state index contributed by atoms with van der Waals surface area (Å²) in [4.78, 5) is 21.4. The summed E-state index contributed by atoms with van der Waals surface area (Å²) in [5.41, 5.74) is 4.80. The van der Waals surface area contributed by atoms with Gasteiger partial charge in [0, 0.05) is 29.6 Å². The van der Waals surface area contributed by atoms with Gasteiger partial charge in [-0.1, -0.05) is 68.4 Å². The van der Waals surface area contributed by atoms with Crippen molar-refractivity contribution in [1.82, 2.24) is 15.3 Å². The van der Waals surface area contributed by atoms with Crippen LogP contribution >= 0.6 is 0 Å². The van der Waals surface area contributed by atoms with Gasteiger partial charge in [0.25, 0.3) is 5.91 Å². The molecule has 0 spiro atoms. The lowest BCUT2D eigenvalue weighted by Crippen LogP contribution is -2.22. The molecule has 160 valence electrons. The monoisotopic (exact) mass is 422 g/mol. The van der Waals surface area contributed by atoms with Crippen molar-refractivity contribution in [3.63, 3.8) is 0 Å². The van der Waals surface area contributed by atoms with Crippen LogP contribution in [-0.2, 0) is 6.54 Å². The molecule has 0 unspecified atom stereocenters. The Labute approximate surface area is 188 Å². The van der Waals surface area contributed by atoms with Gasteiger partial charge in [0.1, 0.15) is 5.82 Å². The van der Waals surface area contributed by atoms with Gasteiger partial charge in [-0.25, -0.2) is 9.97 Å². The first kappa shape index (κ1) is 21.2. The molecule has 2 N–H and O–H groups in total. The molecule has 32 heavy (non-hydrogen) atoms. The fourth-order valence-electron chi connectivity index (χ4n) is 3.31. The Balaban J connectivity index is 1.36. The standard InChI is InChI=1S/C27H26N4O/c1-19(2)21-10-8-20(9-11-21)18-29-27(32)23-12-14-24(15-13-23)30-25-16-17-28-26(31-25)22-6-4-3-5-7-22/h3-17,19H,18H2,1-2H3,(H,29,32)(H,28,30,31). The highest BCUT2D eigenvalue weighted by Gasteiger charge is 2.07. The minimum atomic E-state index is -0.0992. The molecule has 1 heterocycles. The molecule has 3 aromatic carbocycles. The zero-order valence-corrected chi connectivity index (χ0v) is 18.2. The molecule has 0 bridgehead atoms. The maximum absolute atomic E-state index is 12.5. The van der Waals surface area contributed by atoms with Crippen LogP contribution in [0.1, 0.15) is 41.3 Å². The van der Waals surface area contributed by atoms with Crippen LogP contribution in [0.4, 0.5) is 11.5 Å². The molecule has 5 nitrogen and oxygen atoms in total. The van der Waals surface area contributed by atoms with Crippen LogP contribution in [0, 0.1) is 0 Å². The summed E-state index contributed by atoms with van der Waals surface area (Å²) < 4.78 is 0. The molecule has 0 radical (unpaired) electrons. The second-order valence-electron chi connectivity index (χ2n) is 7.91. The van der Waals surface area contributed by atoms with Gasteiger partial charge in [-0.2, -0.15) is 0 Å². The predicted octanol–water partition coefficient (Wildman–Crippen LogP) is 5.94. The molecular formula is C27H26N4O. The molecule has 0 aliphatic heterocycles. The predicted molar refractivity (Wildman–Crippen MR) is 129 cm³/mol. The summed E-state index contributed by atoms with van der Waals surface area (Å²) in [5, 5.41) is 6.25. The van der Waals surface area contributed by atoms with Crippen molar-refractivity contribution in [2.75, 3.05) is 5.32 Å². The SMILES string of the molecule is CC(C)c1ccc(CNC(=O)c2ccc(Nc3ccnc(-c4ccccc4)n3)cc2)cc1. The maximum atomic E-state index is 12.5. The third kappa shape index (κ3) is 5.38. The van der Waals surface area contributed by atoms with E-state index in [0.29, 0.717) is 29.7 Å². The number of aromatic nitrogens is 2. The molecule has 0 aliphatic carbocycles. The van der Waals surface area contributed by atoms with Crippen molar-refractivity contribution in [3.8, 4) is 11.4 Å². The number of hydrogen-bond acceptors (Lipinski definition) is 4. The van der Waals surface area contributed by atoms with E-state index < -0.39 is 0 Å². The largest absolute Gasteiger partial charge is 0.348 e. The summed E-state index contributed by atoms with van der Waals surface area (Å²) >= 11 is 0. The van der Waals surface area contributed by atoms with E-state index in [1.807, 2.05) is 48.5 Å². The average Bonchev–Trinajstić information content (AvgIpc) is 2.84. The molecule has 1 amide bonds. The summed E-state index contributed by atoms with van der Waals surface area (Å²) in [5.74, 6) is 1.75. The Kier molecular flexibility index (Phi) is 6.56. The number of nitrogens with one attached hydrogen (secondary N) is 2. The number of hydrogen-bond donors (Lipinski definition) is 2. The zero-order chi connectivity index (χ0) is 22.3. The lowest BCUT2D eigenvalue weighted by atomic mass is 10.0. The second-order valence-corrected chi connectivity index (χ2v) is 7.91. The number of rotatable bonds is 7. The Morgan fingerprint density at radius 2 is 1.59 bits per heavy atom. The third-order valence-corrected chi connectivity index (χ3v) is 5.21. The molecule has 4 rings (SSSR count). The van der Waals surface area contributed by atoms with Gasteiger partial charge in [0.05, 0.1) is 0 Å². The molecule has 5 heteroatoms. The molecule has 0 aliphatic rings. The number of benzene rings is 3. The topological polar surface area (TPSA) is 66.9 Å². The number of amides is 1. The van der Waals surface area contributed by atoms with Crippen LogP contribution in [0.15, 0.2) is 91.1 Å². The summed E-state index contributed by atoms with van der Waals surface area (Å²) in [7, 11) is 0. The van der Waals surface area contributed by atoms with Crippen molar-refractivity contribution in [3.05, 3.63) is 108 Å². The number of carbonyl (C=O) groups excluding carboxylic acids is 1. The van der Waals surface area contributed by atoms with Crippen LogP contribution in [-0.4, -0.2) is 15.9 Å². The number of anilines is 2. The van der Waals surface area contributed by atoms with E-state index in [-0.39, 0.29) is 5.91 Å². The van der Waals surface area contributed by atoms with Gasteiger partial charge in [0.2, 0.25) is 0 Å². The van der Waals surface area contributed by atoms with Crippen molar-refractivity contribution >= 4 is 17.4 Å². The molecule has 0 saturated carbocycles. The average molecular weight is 423 g/mol. The van der Waals surface area contributed by atoms with Crippen LogP contribution in [0.5, 0.6) is 0 Å². The summed E-state index contributed by atoms with van der Waals surface area (Å²) in [6, 6.07) is 27.4. The maximum Gasteiger partial charge on any atom is 0.251 e.